The van der Waals surface area contributed by atoms with Crippen molar-refractivity contribution in [2.24, 2.45) is 0 Å². The zero-order chi connectivity index (χ0) is 16.8. The first kappa shape index (κ1) is 17.0. The van der Waals surface area contributed by atoms with Crippen LogP contribution in [0.1, 0.15) is 5.56 Å². The van der Waals surface area contributed by atoms with Gasteiger partial charge in [-0.25, -0.2) is 9.97 Å². The van der Waals surface area contributed by atoms with E-state index in [-0.39, 0.29) is 0 Å². The monoisotopic (exact) mass is 359 g/mol. The number of benzene rings is 2. The van der Waals surface area contributed by atoms with Gasteiger partial charge in [-0.2, -0.15) is 0 Å². The third kappa shape index (κ3) is 4.38. The summed E-state index contributed by atoms with van der Waals surface area (Å²) >= 11 is 7.54. The lowest BCUT2D eigenvalue weighted by atomic mass is 10.2. The van der Waals surface area contributed by atoms with Crippen LogP contribution in [0, 0.1) is 0 Å². The Bertz CT molecular complexity index is 811. The molecule has 6 heteroatoms. The van der Waals surface area contributed by atoms with E-state index < -0.39 is 0 Å². The van der Waals surface area contributed by atoms with Crippen LogP contribution in [0.5, 0.6) is 0 Å². The van der Waals surface area contributed by atoms with Gasteiger partial charge in [0.1, 0.15) is 5.82 Å². The zero-order valence-corrected chi connectivity index (χ0v) is 14.9. The van der Waals surface area contributed by atoms with Gasteiger partial charge in [-0.1, -0.05) is 47.6 Å². The number of halogens is 1. The Morgan fingerprint density at radius 3 is 2.67 bits per heavy atom. The third-order valence-corrected chi connectivity index (χ3v) is 4.63. The van der Waals surface area contributed by atoms with E-state index in [2.05, 4.69) is 15.3 Å². The molecule has 0 spiro atoms. The number of ether oxygens (including phenoxy) is 1. The second-order valence-corrected chi connectivity index (χ2v) is 6.59. The second kappa shape index (κ2) is 8.33. The minimum atomic E-state index is 0.631. The molecule has 0 fully saturated rings. The molecule has 1 aromatic heterocycles. The average molecular weight is 360 g/mol. The van der Waals surface area contributed by atoms with Crippen molar-refractivity contribution in [1.82, 2.24) is 9.97 Å². The lowest BCUT2D eigenvalue weighted by Crippen LogP contribution is -2.10. The van der Waals surface area contributed by atoms with Crippen molar-refractivity contribution in [1.29, 1.82) is 0 Å². The molecule has 1 N–H and O–H groups in total. The highest BCUT2D eigenvalue weighted by Crippen LogP contribution is 2.26. The Morgan fingerprint density at radius 2 is 1.88 bits per heavy atom. The average Bonchev–Trinajstić information content (AvgIpc) is 2.61. The van der Waals surface area contributed by atoms with Crippen molar-refractivity contribution in [3.05, 3.63) is 59.1 Å². The van der Waals surface area contributed by atoms with Crippen LogP contribution in [0.3, 0.4) is 0 Å². The highest BCUT2D eigenvalue weighted by molar-refractivity contribution is 7.98. The number of anilines is 1. The molecule has 3 rings (SSSR count). The van der Waals surface area contributed by atoms with Crippen molar-refractivity contribution in [3.8, 4) is 0 Å². The summed E-state index contributed by atoms with van der Waals surface area (Å²) in [5, 5.41) is 5.84. The maximum absolute atomic E-state index is 5.93. The van der Waals surface area contributed by atoms with E-state index in [9.17, 15) is 0 Å². The first-order valence-corrected chi connectivity index (χ1v) is 8.99. The number of thioether (sulfide) groups is 1. The molecule has 0 aliphatic carbocycles. The van der Waals surface area contributed by atoms with E-state index in [1.54, 1.807) is 18.9 Å². The lowest BCUT2D eigenvalue weighted by molar-refractivity contribution is 0.210. The Morgan fingerprint density at radius 1 is 1.08 bits per heavy atom. The number of nitrogens with zero attached hydrogens (tertiary/aromatic N) is 2. The Kier molecular flexibility index (Phi) is 5.91. The van der Waals surface area contributed by atoms with Crippen LogP contribution in [0.15, 0.2) is 53.7 Å². The summed E-state index contributed by atoms with van der Waals surface area (Å²) in [7, 11) is 1.69. The number of aromatic nitrogens is 2. The van der Waals surface area contributed by atoms with Gasteiger partial charge in [0.2, 0.25) is 0 Å². The fourth-order valence-electron chi connectivity index (χ4n) is 2.25. The van der Waals surface area contributed by atoms with E-state index in [1.807, 2.05) is 48.5 Å². The second-order valence-electron chi connectivity index (χ2n) is 5.21. The number of hydrogen-bond acceptors (Lipinski definition) is 5. The molecule has 0 amide bonds. The van der Waals surface area contributed by atoms with Gasteiger partial charge in [0.05, 0.1) is 12.1 Å². The van der Waals surface area contributed by atoms with E-state index >= 15 is 0 Å². The van der Waals surface area contributed by atoms with Crippen LogP contribution in [-0.2, 0) is 10.5 Å². The van der Waals surface area contributed by atoms with Gasteiger partial charge in [0.15, 0.2) is 5.16 Å². The largest absolute Gasteiger partial charge is 0.383 e. The molecular weight excluding hydrogens is 342 g/mol. The van der Waals surface area contributed by atoms with Crippen molar-refractivity contribution in [2.45, 2.75) is 10.9 Å². The van der Waals surface area contributed by atoms with E-state index in [0.717, 1.165) is 32.7 Å². The molecule has 0 aliphatic heterocycles. The molecule has 0 radical (unpaired) electrons. The molecule has 24 heavy (non-hydrogen) atoms. The van der Waals surface area contributed by atoms with E-state index in [4.69, 9.17) is 16.3 Å². The Hall–Kier alpha value is -1.82. The number of hydrogen-bond donors (Lipinski definition) is 1. The highest BCUT2D eigenvalue weighted by atomic mass is 35.5. The predicted octanol–water partition coefficient (Wildman–Crippen LogP) is 4.63. The SMILES string of the molecule is COCCNc1nc(SCc2ccc(Cl)cc2)nc2ccccc12. The first-order valence-electron chi connectivity index (χ1n) is 7.63. The van der Waals surface area contributed by atoms with Crippen molar-refractivity contribution < 1.29 is 4.74 Å². The summed E-state index contributed by atoms with van der Waals surface area (Å²) in [6.07, 6.45) is 0. The molecule has 0 atom stereocenters. The van der Waals surface area contributed by atoms with Gasteiger partial charge in [-0.15, -0.1) is 0 Å². The molecule has 0 saturated carbocycles. The summed E-state index contributed by atoms with van der Waals surface area (Å²) < 4.78 is 5.10. The molecule has 0 aliphatic rings. The van der Waals surface area contributed by atoms with Crippen LogP contribution >= 0.6 is 23.4 Å². The summed E-state index contributed by atoms with van der Waals surface area (Å²) in [5.41, 5.74) is 2.13. The molecule has 0 unspecified atom stereocenters. The van der Waals surface area contributed by atoms with Gasteiger partial charge in [0, 0.05) is 29.8 Å². The third-order valence-electron chi connectivity index (χ3n) is 3.46. The molecule has 3 aromatic rings. The standard InChI is InChI=1S/C18H18ClN3OS/c1-23-11-10-20-17-15-4-2-3-5-16(15)21-18(22-17)24-12-13-6-8-14(19)9-7-13/h2-9H,10-12H2,1H3,(H,20,21,22). The Balaban J connectivity index is 1.80. The first-order chi connectivity index (χ1) is 11.8. The summed E-state index contributed by atoms with van der Waals surface area (Å²) in [6, 6.07) is 15.9. The Labute approximate surface area is 150 Å². The lowest BCUT2D eigenvalue weighted by Gasteiger charge is -2.10. The van der Waals surface area contributed by atoms with Gasteiger partial charge in [-0.05, 0) is 29.8 Å². The van der Waals surface area contributed by atoms with Gasteiger partial charge in [-0.3, -0.25) is 0 Å². The van der Waals surface area contributed by atoms with Crippen LogP contribution in [0.2, 0.25) is 5.02 Å². The molecule has 124 valence electrons. The fraction of sp³-hybridized carbons (Fsp3) is 0.222. The van der Waals surface area contributed by atoms with Gasteiger partial charge >= 0.3 is 0 Å². The minimum absolute atomic E-state index is 0.631. The van der Waals surface area contributed by atoms with E-state index in [1.165, 1.54) is 5.56 Å². The number of nitrogens with one attached hydrogen (secondary N) is 1. The summed E-state index contributed by atoms with van der Waals surface area (Å²) in [5.74, 6) is 1.64. The number of fused-ring (bicyclic) bond motifs is 1. The maximum atomic E-state index is 5.93. The molecule has 0 bridgehead atoms. The summed E-state index contributed by atoms with van der Waals surface area (Å²) in [4.78, 5) is 9.32. The van der Waals surface area contributed by atoms with Crippen molar-refractivity contribution >= 4 is 40.1 Å². The number of para-hydroxylation sites is 1. The number of methoxy groups -OCH3 is 1. The smallest absolute Gasteiger partial charge is 0.190 e. The molecular formula is C18H18ClN3OS. The maximum Gasteiger partial charge on any atom is 0.190 e. The molecule has 1 heterocycles. The molecule has 0 saturated heterocycles. The van der Waals surface area contributed by atoms with Crippen LogP contribution in [0.4, 0.5) is 5.82 Å². The van der Waals surface area contributed by atoms with Gasteiger partial charge in [0.25, 0.3) is 0 Å². The normalized spacial score (nSPS) is 10.9. The molecule has 4 nitrogen and oxygen atoms in total. The van der Waals surface area contributed by atoms with E-state index in [0.29, 0.717) is 13.2 Å². The van der Waals surface area contributed by atoms with Gasteiger partial charge < -0.3 is 10.1 Å². The summed E-state index contributed by atoms with van der Waals surface area (Å²) in [6.45, 7) is 1.34. The van der Waals surface area contributed by atoms with Crippen molar-refractivity contribution in [2.75, 3.05) is 25.6 Å². The fourth-order valence-corrected chi connectivity index (χ4v) is 3.19. The minimum Gasteiger partial charge on any atom is -0.383 e. The van der Waals surface area contributed by atoms with Crippen LogP contribution in [-0.4, -0.2) is 30.2 Å². The molecule has 2 aromatic carbocycles. The van der Waals surface area contributed by atoms with Crippen LogP contribution in [0.25, 0.3) is 10.9 Å². The predicted molar refractivity (Wildman–Crippen MR) is 101 cm³/mol. The quantitative estimate of drug-likeness (QED) is 0.378. The topological polar surface area (TPSA) is 47.0 Å². The number of rotatable bonds is 7. The zero-order valence-electron chi connectivity index (χ0n) is 13.3. The van der Waals surface area contributed by atoms with Crippen molar-refractivity contribution in [3.63, 3.8) is 0 Å². The van der Waals surface area contributed by atoms with Crippen LogP contribution < -0.4 is 5.32 Å². The highest BCUT2D eigenvalue weighted by Gasteiger charge is 2.08.